The molecule has 4 nitrogen and oxygen atoms in total. The third-order valence-corrected chi connectivity index (χ3v) is 4.97. The van der Waals surface area contributed by atoms with E-state index in [0.29, 0.717) is 16.8 Å². The molecule has 0 saturated heterocycles. The van der Waals surface area contributed by atoms with Crippen LogP contribution in [0.5, 0.6) is 0 Å². The number of fused-ring (bicyclic) bond motifs is 1. The van der Waals surface area contributed by atoms with Crippen molar-refractivity contribution in [2.75, 3.05) is 11.9 Å². The lowest BCUT2D eigenvalue weighted by atomic mass is 9.88. The van der Waals surface area contributed by atoms with E-state index in [9.17, 15) is 14.7 Å². The van der Waals surface area contributed by atoms with Gasteiger partial charge in [-0.3, -0.25) is 9.59 Å². The summed E-state index contributed by atoms with van der Waals surface area (Å²) in [5.74, 6) is -0.780. The van der Waals surface area contributed by atoms with E-state index in [0.717, 1.165) is 8.95 Å². The molecular formula is C17H13Br2NO3. The molecule has 0 bridgehead atoms. The summed E-state index contributed by atoms with van der Waals surface area (Å²) in [5.41, 5.74) is -0.329. The molecule has 3 rings (SSSR count). The van der Waals surface area contributed by atoms with Crippen LogP contribution in [0.1, 0.15) is 22.3 Å². The Labute approximate surface area is 150 Å². The van der Waals surface area contributed by atoms with Crippen molar-refractivity contribution in [1.82, 2.24) is 0 Å². The molecule has 1 amide bonds. The summed E-state index contributed by atoms with van der Waals surface area (Å²) < 4.78 is 1.51. The predicted octanol–water partition coefficient (Wildman–Crippen LogP) is 3.65. The van der Waals surface area contributed by atoms with Gasteiger partial charge in [-0.05, 0) is 30.3 Å². The van der Waals surface area contributed by atoms with Crippen LogP contribution in [0.15, 0.2) is 51.4 Å². The Morgan fingerprint density at radius 3 is 2.57 bits per heavy atom. The molecule has 1 aliphatic rings. The Morgan fingerprint density at radius 1 is 1.17 bits per heavy atom. The van der Waals surface area contributed by atoms with Crippen LogP contribution in [0.25, 0.3) is 0 Å². The lowest BCUT2D eigenvalue weighted by Crippen LogP contribution is -2.40. The standard InChI is InChI=1S/C17H13Br2NO3/c1-20-14-6-5-12(19)8-13(14)17(23,16(20)22)9-15(21)10-3-2-4-11(18)7-10/h2-8,23H,9H2,1H3/t17-/m0/s1. The molecule has 2 aromatic carbocycles. The van der Waals surface area contributed by atoms with E-state index in [2.05, 4.69) is 31.9 Å². The first-order chi connectivity index (χ1) is 10.8. The summed E-state index contributed by atoms with van der Waals surface area (Å²) in [6, 6.07) is 12.1. The van der Waals surface area contributed by atoms with Gasteiger partial charge in [0, 0.05) is 27.1 Å². The lowest BCUT2D eigenvalue weighted by molar-refractivity contribution is -0.135. The van der Waals surface area contributed by atoms with E-state index in [1.807, 2.05) is 6.07 Å². The van der Waals surface area contributed by atoms with Crippen molar-refractivity contribution in [2.24, 2.45) is 0 Å². The van der Waals surface area contributed by atoms with Crippen molar-refractivity contribution in [3.8, 4) is 0 Å². The normalized spacial score (nSPS) is 19.8. The molecule has 0 fully saturated rings. The molecule has 2 aromatic rings. The average Bonchev–Trinajstić information content (AvgIpc) is 2.69. The summed E-state index contributed by atoms with van der Waals surface area (Å²) >= 11 is 6.66. The van der Waals surface area contributed by atoms with Gasteiger partial charge in [-0.15, -0.1) is 0 Å². The number of carbonyl (C=O) groups is 2. The van der Waals surface area contributed by atoms with Gasteiger partial charge in [-0.1, -0.05) is 44.0 Å². The Bertz CT molecular complexity index is 821. The Kier molecular flexibility index (Phi) is 4.16. The van der Waals surface area contributed by atoms with E-state index in [1.54, 1.807) is 43.4 Å². The third kappa shape index (κ3) is 2.75. The predicted molar refractivity (Wildman–Crippen MR) is 94.5 cm³/mol. The van der Waals surface area contributed by atoms with Crippen LogP contribution in [0.2, 0.25) is 0 Å². The number of ketones is 1. The second-order valence-corrected chi connectivity index (χ2v) is 7.33. The van der Waals surface area contributed by atoms with Crippen LogP contribution in [-0.2, 0) is 10.4 Å². The fourth-order valence-electron chi connectivity index (χ4n) is 2.80. The van der Waals surface area contributed by atoms with Gasteiger partial charge >= 0.3 is 0 Å². The van der Waals surface area contributed by atoms with Gasteiger partial charge in [0.05, 0.1) is 12.1 Å². The highest BCUT2D eigenvalue weighted by molar-refractivity contribution is 9.10. The molecule has 0 aromatic heterocycles. The number of nitrogens with zero attached hydrogens (tertiary/aromatic N) is 1. The quantitative estimate of drug-likeness (QED) is 0.744. The molecule has 0 spiro atoms. The van der Waals surface area contributed by atoms with Gasteiger partial charge in [-0.2, -0.15) is 0 Å². The number of benzene rings is 2. The minimum Gasteiger partial charge on any atom is -0.375 e. The van der Waals surface area contributed by atoms with Crippen molar-refractivity contribution < 1.29 is 14.7 Å². The first-order valence-corrected chi connectivity index (χ1v) is 8.51. The number of rotatable bonds is 3. The van der Waals surface area contributed by atoms with Crippen LogP contribution in [0.4, 0.5) is 5.69 Å². The fraction of sp³-hybridized carbons (Fsp3) is 0.176. The molecule has 6 heteroatoms. The minimum absolute atomic E-state index is 0.289. The number of aliphatic hydroxyl groups is 1. The monoisotopic (exact) mass is 437 g/mol. The summed E-state index contributed by atoms with van der Waals surface area (Å²) in [4.78, 5) is 26.5. The average molecular weight is 439 g/mol. The number of likely N-dealkylation sites (N-methyl/N-ethyl adjacent to an activating group) is 1. The summed E-state index contributed by atoms with van der Waals surface area (Å²) in [7, 11) is 1.59. The van der Waals surface area contributed by atoms with Crippen molar-refractivity contribution in [1.29, 1.82) is 0 Å². The Hall–Kier alpha value is -1.50. The topological polar surface area (TPSA) is 57.6 Å². The van der Waals surface area contributed by atoms with Crippen LogP contribution in [-0.4, -0.2) is 23.8 Å². The van der Waals surface area contributed by atoms with E-state index in [-0.39, 0.29) is 12.2 Å². The van der Waals surface area contributed by atoms with Gasteiger partial charge in [0.1, 0.15) is 0 Å². The number of Topliss-reactive ketones (excluding diaryl/α,β-unsaturated/α-hetero) is 1. The maximum Gasteiger partial charge on any atom is 0.263 e. The minimum atomic E-state index is -1.84. The number of anilines is 1. The molecule has 1 N–H and O–H groups in total. The highest BCUT2D eigenvalue weighted by Crippen LogP contribution is 2.43. The first kappa shape index (κ1) is 16.4. The molecule has 23 heavy (non-hydrogen) atoms. The van der Waals surface area contributed by atoms with E-state index in [4.69, 9.17) is 0 Å². The van der Waals surface area contributed by atoms with Gasteiger partial charge < -0.3 is 10.0 Å². The van der Waals surface area contributed by atoms with E-state index in [1.165, 1.54) is 4.90 Å². The van der Waals surface area contributed by atoms with E-state index < -0.39 is 11.5 Å². The van der Waals surface area contributed by atoms with Crippen molar-refractivity contribution in [2.45, 2.75) is 12.0 Å². The summed E-state index contributed by atoms with van der Waals surface area (Å²) in [6.45, 7) is 0. The highest BCUT2D eigenvalue weighted by Gasteiger charge is 2.49. The van der Waals surface area contributed by atoms with Crippen LogP contribution in [0, 0.1) is 0 Å². The number of carbonyl (C=O) groups excluding carboxylic acids is 2. The fourth-order valence-corrected chi connectivity index (χ4v) is 3.56. The molecule has 1 atom stereocenters. The third-order valence-electron chi connectivity index (χ3n) is 3.99. The molecule has 0 radical (unpaired) electrons. The summed E-state index contributed by atoms with van der Waals surface area (Å²) in [5, 5.41) is 11.0. The lowest BCUT2D eigenvalue weighted by Gasteiger charge is -2.21. The van der Waals surface area contributed by atoms with Crippen molar-refractivity contribution in [3.63, 3.8) is 0 Å². The highest BCUT2D eigenvalue weighted by atomic mass is 79.9. The molecule has 0 aliphatic carbocycles. The molecule has 118 valence electrons. The van der Waals surface area contributed by atoms with Crippen LogP contribution >= 0.6 is 31.9 Å². The molecular weight excluding hydrogens is 426 g/mol. The number of halogens is 2. The summed E-state index contributed by atoms with van der Waals surface area (Å²) in [6.07, 6.45) is -0.296. The van der Waals surface area contributed by atoms with Crippen molar-refractivity contribution >= 4 is 49.2 Å². The van der Waals surface area contributed by atoms with Crippen LogP contribution in [0.3, 0.4) is 0 Å². The molecule has 0 unspecified atom stereocenters. The number of hydrogen-bond acceptors (Lipinski definition) is 3. The zero-order valence-electron chi connectivity index (χ0n) is 12.2. The Balaban J connectivity index is 2.00. The second kappa shape index (κ2) is 5.85. The van der Waals surface area contributed by atoms with Gasteiger partial charge in [0.25, 0.3) is 5.91 Å². The molecule has 0 saturated carbocycles. The zero-order chi connectivity index (χ0) is 16.8. The smallest absolute Gasteiger partial charge is 0.263 e. The molecule has 1 aliphatic heterocycles. The zero-order valence-corrected chi connectivity index (χ0v) is 15.4. The largest absolute Gasteiger partial charge is 0.375 e. The SMILES string of the molecule is CN1C(=O)[C@](O)(CC(=O)c2cccc(Br)c2)c2cc(Br)ccc21. The van der Waals surface area contributed by atoms with Gasteiger partial charge in [0.2, 0.25) is 0 Å². The van der Waals surface area contributed by atoms with Gasteiger partial charge in [-0.25, -0.2) is 0 Å². The van der Waals surface area contributed by atoms with Gasteiger partial charge in [0.15, 0.2) is 11.4 Å². The molecule has 1 heterocycles. The second-order valence-electron chi connectivity index (χ2n) is 5.50. The van der Waals surface area contributed by atoms with Crippen molar-refractivity contribution in [3.05, 3.63) is 62.5 Å². The number of amides is 1. The first-order valence-electron chi connectivity index (χ1n) is 6.92. The van der Waals surface area contributed by atoms with E-state index >= 15 is 0 Å². The maximum absolute atomic E-state index is 12.5. The Morgan fingerprint density at radius 2 is 1.87 bits per heavy atom. The van der Waals surface area contributed by atoms with Crippen LogP contribution < -0.4 is 4.90 Å². The maximum atomic E-state index is 12.5. The number of hydrogen-bond donors (Lipinski definition) is 1.